The van der Waals surface area contributed by atoms with Gasteiger partial charge >= 0.3 is 0 Å². The van der Waals surface area contributed by atoms with E-state index in [9.17, 15) is 4.79 Å². The summed E-state index contributed by atoms with van der Waals surface area (Å²) in [6.07, 6.45) is 0.625. The van der Waals surface area contributed by atoms with Gasteiger partial charge in [0.2, 0.25) is 16.2 Å². The number of carbonyl (C=O) groups excluding carboxylic acids is 1. The van der Waals surface area contributed by atoms with Crippen molar-refractivity contribution in [3.05, 3.63) is 29.3 Å². The smallest absolute Gasteiger partial charge is 0.239 e. The van der Waals surface area contributed by atoms with Gasteiger partial charge in [0.25, 0.3) is 0 Å². The lowest BCUT2D eigenvalue weighted by atomic mass is 10.2. The van der Waals surface area contributed by atoms with E-state index in [1.165, 1.54) is 23.1 Å². The van der Waals surface area contributed by atoms with Crippen LogP contribution in [0.2, 0.25) is 0 Å². The molecule has 0 saturated heterocycles. The van der Waals surface area contributed by atoms with Gasteiger partial charge in [0.15, 0.2) is 5.65 Å². The fraction of sp³-hybridized carbons (Fsp3) is 0.333. The first-order valence-electron chi connectivity index (χ1n) is 8.97. The lowest BCUT2D eigenvalue weighted by Gasteiger charge is -2.11. The minimum absolute atomic E-state index is 0.140. The Morgan fingerprint density at radius 1 is 1.21 bits per heavy atom. The molecule has 28 heavy (non-hydrogen) atoms. The molecule has 1 atom stereocenters. The maximum Gasteiger partial charge on any atom is 0.239 e. The second-order valence-corrected chi connectivity index (χ2v) is 8.75. The van der Waals surface area contributed by atoms with Crippen LogP contribution in [0, 0.1) is 0 Å². The van der Waals surface area contributed by atoms with Crippen LogP contribution >= 0.6 is 23.1 Å². The number of carbonyl (C=O) groups is 1. The summed E-state index contributed by atoms with van der Waals surface area (Å²) in [6.45, 7) is 6.04. The molecule has 8 nitrogen and oxygen atoms in total. The fourth-order valence-corrected chi connectivity index (χ4v) is 4.28. The number of amides is 1. The third-order valence-corrected chi connectivity index (χ3v) is 6.53. The summed E-state index contributed by atoms with van der Waals surface area (Å²) in [6, 6.07) is 7.86. The molecule has 4 aromatic rings. The Kier molecular flexibility index (Phi) is 5.23. The average molecular weight is 414 g/mol. The van der Waals surface area contributed by atoms with Gasteiger partial charge in [-0.05, 0) is 12.5 Å². The van der Waals surface area contributed by atoms with Gasteiger partial charge in [-0.25, -0.2) is 4.98 Å². The van der Waals surface area contributed by atoms with Crippen LogP contribution in [-0.2, 0) is 4.79 Å². The van der Waals surface area contributed by atoms with Gasteiger partial charge in [0, 0.05) is 16.8 Å². The summed E-state index contributed by atoms with van der Waals surface area (Å²) < 4.78 is 0. The Hall–Kier alpha value is -2.59. The SMILES string of the molecule is CC[C@H](Sc1nnc2c(n1)[nH]c1ccccc12)C(=O)Nc1nnc(C(C)C)s1. The highest BCUT2D eigenvalue weighted by Gasteiger charge is 2.22. The molecule has 10 heteroatoms. The molecule has 0 unspecified atom stereocenters. The number of aromatic nitrogens is 6. The Labute approximate surface area is 169 Å². The highest BCUT2D eigenvalue weighted by molar-refractivity contribution is 8.00. The Morgan fingerprint density at radius 2 is 2.04 bits per heavy atom. The number of benzene rings is 1. The van der Waals surface area contributed by atoms with E-state index >= 15 is 0 Å². The summed E-state index contributed by atoms with van der Waals surface area (Å²) in [7, 11) is 0. The van der Waals surface area contributed by atoms with Gasteiger partial charge in [0.1, 0.15) is 10.5 Å². The number of H-pyrrole nitrogens is 1. The van der Waals surface area contributed by atoms with Crippen molar-refractivity contribution in [3.63, 3.8) is 0 Å². The first-order valence-corrected chi connectivity index (χ1v) is 10.7. The van der Waals surface area contributed by atoms with Crippen LogP contribution < -0.4 is 5.32 Å². The third-order valence-electron chi connectivity index (χ3n) is 4.18. The van der Waals surface area contributed by atoms with Crippen molar-refractivity contribution in [1.29, 1.82) is 0 Å². The molecular formula is C18H19N7OS2. The van der Waals surface area contributed by atoms with Crippen LogP contribution in [0.3, 0.4) is 0 Å². The van der Waals surface area contributed by atoms with Crippen LogP contribution in [-0.4, -0.2) is 41.5 Å². The number of thioether (sulfide) groups is 1. The summed E-state index contributed by atoms with van der Waals surface area (Å²) in [5.74, 6) is 0.140. The molecule has 0 saturated carbocycles. The first-order chi connectivity index (χ1) is 13.5. The molecular weight excluding hydrogens is 394 g/mol. The molecule has 0 aliphatic rings. The monoisotopic (exact) mass is 413 g/mol. The molecule has 1 aromatic carbocycles. The van der Waals surface area contributed by atoms with Gasteiger partial charge in [-0.2, -0.15) is 0 Å². The van der Waals surface area contributed by atoms with Crippen LogP contribution in [0.1, 0.15) is 38.1 Å². The minimum Gasteiger partial charge on any atom is -0.338 e. The Balaban J connectivity index is 1.52. The quantitative estimate of drug-likeness (QED) is 0.460. The van der Waals surface area contributed by atoms with E-state index in [4.69, 9.17) is 0 Å². The predicted octanol–water partition coefficient (Wildman–Crippen LogP) is 3.99. The number of nitrogens with one attached hydrogen (secondary N) is 2. The zero-order valence-electron chi connectivity index (χ0n) is 15.6. The lowest BCUT2D eigenvalue weighted by Crippen LogP contribution is -2.24. The van der Waals surface area contributed by atoms with Crippen molar-refractivity contribution in [1.82, 2.24) is 30.4 Å². The number of nitrogens with zero attached hydrogens (tertiary/aromatic N) is 5. The summed E-state index contributed by atoms with van der Waals surface area (Å²) in [4.78, 5) is 20.4. The van der Waals surface area contributed by atoms with E-state index in [0.717, 1.165) is 21.4 Å². The van der Waals surface area contributed by atoms with Gasteiger partial charge in [-0.3, -0.25) is 10.1 Å². The number of hydrogen-bond donors (Lipinski definition) is 2. The van der Waals surface area contributed by atoms with E-state index < -0.39 is 0 Å². The molecule has 3 aromatic heterocycles. The van der Waals surface area contributed by atoms with Gasteiger partial charge in [-0.1, -0.05) is 62.1 Å². The van der Waals surface area contributed by atoms with Crippen LogP contribution in [0.15, 0.2) is 29.4 Å². The van der Waals surface area contributed by atoms with Crippen LogP contribution in [0.25, 0.3) is 22.1 Å². The number of aromatic amines is 1. The lowest BCUT2D eigenvalue weighted by molar-refractivity contribution is -0.115. The van der Waals surface area contributed by atoms with Crippen LogP contribution in [0.5, 0.6) is 0 Å². The third kappa shape index (κ3) is 3.69. The zero-order valence-corrected chi connectivity index (χ0v) is 17.3. The number of fused-ring (bicyclic) bond motifs is 3. The first kappa shape index (κ1) is 18.8. The predicted molar refractivity (Wildman–Crippen MR) is 112 cm³/mol. The van der Waals surface area contributed by atoms with E-state index in [1.54, 1.807) is 0 Å². The molecule has 0 fully saturated rings. The minimum atomic E-state index is -0.352. The summed E-state index contributed by atoms with van der Waals surface area (Å²) >= 11 is 2.69. The van der Waals surface area contributed by atoms with Crippen molar-refractivity contribution in [2.24, 2.45) is 0 Å². The van der Waals surface area contributed by atoms with Gasteiger partial charge < -0.3 is 4.98 Å². The van der Waals surface area contributed by atoms with Crippen molar-refractivity contribution in [2.75, 3.05) is 5.32 Å². The molecule has 3 heterocycles. The molecule has 4 rings (SSSR count). The topological polar surface area (TPSA) is 109 Å². The van der Waals surface area contributed by atoms with Gasteiger partial charge in [-0.15, -0.1) is 20.4 Å². The standard InChI is InChI=1S/C18H19N7OS2/c1-4-12(15(26)21-18-25-23-16(28-18)9(2)3)27-17-20-14-13(22-24-17)10-7-5-6-8-11(10)19-14/h5-9,12H,4H2,1-3H3,(H,19,20,24)(H,21,25,26)/t12-/m0/s1. The highest BCUT2D eigenvalue weighted by atomic mass is 32.2. The molecule has 2 N–H and O–H groups in total. The molecule has 0 spiro atoms. The number of anilines is 1. The van der Waals surface area contributed by atoms with Gasteiger partial charge in [0.05, 0.1) is 5.25 Å². The molecule has 1 amide bonds. The fourth-order valence-electron chi connectivity index (χ4n) is 2.71. The maximum absolute atomic E-state index is 12.7. The normalized spacial score (nSPS) is 12.7. The van der Waals surface area contributed by atoms with Crippen molar-refractivity contribution < 1.29 is 4.79 Å². The van der Waals surface area contributed by atoms with Crippen molar-refractivity contribution in [3.8, 4) is 0 Å². The number of rotatable bonds is 6. The molecule has 0 bridgehead atoms. The number of hydrogen-bond acceptors (Lipinski definition) is 8. The number of para-hydroxylation sites is 1. The largest absolute Gasteiger partial charge is 0.338 e. The summed E-state index contributed by atoms with van der Waals surface area (Å²) in [5.41, 5.74) is 2.36. The molecule has 144 valence electrons. The van der Waals surface area contributed by atoms with Crippen molar-refractivity contribution >= 4 is 56.2 Å². The molecule has 0 aliphatic carbocycles. The summed E-state index contributed by atoms with van der Waals surface area (Å²) in [5, 5.41) is 22.0. The highest BCUT2D eigenvalue weighted by Crippen LogP contribution is 2.28. The second-order valence-electron chi connectivity index (χ2n) is 6.57. The second kappa shape index (κ2) is 7.80. The molecule has 0 radical (unpaired) electrons. The van der Waals surface area contributed by atoms with Crippen molar-refractivity contribution in [2.45, 2.75) is 43.5 Å². The Bertz CT molecular complexity index is 1140. The average Bonchev–Trinajstić information content (AvgIpc) is 3.30. The molecule has 0 aliphatic heterocycles. The maximum atomic E-state index is 12.7. The van der Waals surface area contributed by atoms with E-state index in [0.29, 0.717) is 22.4 Å². The van der Waals surface area contributed by atoms with E-state index in [2.05, 4.69) is 35.7 Å². The van der Waals surface area contributed by atoms with Crippen LogP contribution in [0.4, 0.5) is 5.13 Å². The zero-order chi connectivity index (χ0) is 19.7. The van der Waals surface area contributed by atoms with E-state index in [-0.39, 0.29) is 17.1 Å². The van der Waals surface area contributed by atoms with E-state index in [1.807, 2.05) is 45.0 Å². The Morgan fingerprint density at radius 3 is 2.79 bits per heavy atom.